The fourth-order valence-corrected chi connectivity index (χ4v) is 6.17. The monoisotopic (exact) mass is 545 g/mol. The van der Waals surface area contributed by atoms with Gasteiger partial charge in [-0.05, 0) is 97.2 Å². The predicted octanol–water partition coefficient (Wildman–Crippen LogP) is 5.17. The van der Waals surface area contributed by atoms with Crippen molar-refractivity contribution in [1.82, 2.24) is 20.0 Å². The molecular weight excluding hydrogens is 510 g/mol. The number of amides is 1. The Balaban J connectivity index is 1.12. The Bertz CT molecular complexity index is 1360. The number of fused-ring (bicyclic) bond motifs is 1. The maximum Gasteiger partial charge on any atom is 0.246 e. The van der Waals surface area contributed by atoms with E-state index in [0.717, 1.165) is 104 Å². The summed E-state index contributed by atoms with van der Waals surface area (Å²) < 4.78 is 11.4. The van der Waals surface area contributed by atoms with Gasteiger partial charge < -0.3 is 14.8 Å². The first-order valence-electron chi connectivity index (χ1n) is 13.8. The summed E-state index contributed by atoms with van der Waals surface area (Å²) in [4.78, 5) is 18.2. The molecule has 2 saturated heterocycles. The standard InChI is InChI=1S/C30H35N5O3S/c36-30(29(23-10-19-39-21-23)35-12-1-2-13-35)31-24-6-9-27-26(20-24)28(33-32-27)22-4-7-25(8-5-22)38-16-3-11-34-14-17-37-18-15-34/h4-10,19-21,29H,1-3,11-18H2,(H,31,36)(H,32,33). The number of nitrogens with one attached hydrogen (secondary N) is 2. The number of likely N-dealkylation sites (tertiary alicyclic amines) is 1. The van der Waals surface area contributed by atoms with Crippen molar-refractivity contribution in [2.75, 3.05) is 57.9 Å². The molecule has 204 valence electrons. The number of benzene rings is 2. The van der Waals surface area contributed by atoms with Crippen LogP contribution in [-0.4, -0.2) is 78.4 Å². The largest absolute Gasteiger partial charge is 0.494 e. The van der Waals surface area contributed by atoms with Crippen molar-refractivity contribution in [2.45, 2.75) is 25.3 Å². The average Bonchev–Trinajstić information content (AvgIpc) is 3.76. The van der Waals surface area contributed by atoms with Crippen LogP contribution in [0.1, 0.15) is 30.9 Å². The SMILES string of the molecule is O=C(Nc1ccc2[nH]nc(-c3ccc(OCCCN4CCOCC4)cc3)c2c1)C(c1ccsc1)N1CCCC1. The van der Waals surface area contributed by atoms with E-state index in [1.807, 2.05) is 47.8 Å². The van der Waals surface area contributed by atoms with Crippen LogP contribution in [0.3, 0.4) is 0 Å². The molecule has 0 aliphatic carbocycles. The van der Waals surface area contributed by atoms with E-state index in [1.165, 1.54) is 0 Å². The van der Waals surface area contributed by atoms with Crippen LogP contribution in [0.5, 0.6) is 5.75 Å². The van der Waals surface area contributed by atoms with Crippen LogP contribution in [0.15, 0.2) is 59.3 Å². The second-order valence-corrected chi connectivity index (χ2v) is 11.0. The average molecular weight is 546 g/mol. The van der Waals surface area contributed by atoms with E-state index in [-0.39, 0.29) is 11.9 Å². The summed E-state index contributed by atoms with van der Waals surface area (Å²) in [7, 11) is 0. The highest BCUT2D eigenvalue weighted by Crippen LogP contribution is 2.32. The molecule has 8 nitrogen and oxygen atoms in total. The molecule has 2 aliphatic heterocycles. The van der Waals surface area contributed by atoms with Crippen molar-refractivity contribution in [3.8, 4) is 17.0 Å². The van der Waals surface area contributed by atoms with Gasteiger partial charge in [0.1, 0.15) is 11.8 Å². The molecule has 6 rings (SSSR count). The second-order valence-electron chi connectivity index (χ2n) is 10.2. The van der Waals surface area contributed by atoms with Gasteiger partial charge in [-0.1, -0.05) is 0 Å². The third kappa shape index (κ3) is 6.17. The number of hydrogen-bond acceptors (Lipinski definition) is 7. The summed E-state index contributed by atoms with van der Waals surface area (Å²) in [5.74, 6) is 0.865. The maximum absolute atomic E-state index is 13.5. The Morgan fingerprint density at radius 2 is 1.90 bits per heavy atom. The fourth-order valence-electron chi connectivity index (χ4n) is 5.49. The summed E-state index contributed by atoms with van der Waals surface area (Å²) in [5.41, 5.74) is 4.62. The Labute approximate surface area is 232 Å². The minimum atomic E-state index is -0.264. The summed E-state index contributed by atoms with van der Waals surface area (Å²) in [5, 5.41) is 16.0. The molecule has 39 heavy (non-hydrogen) atoms. The van der Waals surface area contributed by atoms with Crippen molar-refractivity contribution in [3.05, 3.63) is 64.9 Å². The smallest absolute Gasteiger partial charge is 0.246 e. The first kappa shape index (κ1) is 26.0. The zero-order valence-corrected chi connectivity index (χ0v) is 22.9. The number of morpholine rings is 1. The van der Waals surface area contributed by atoms with Crippen molar-refractivity contribution in [1.29, 1.82) is 0 Å². The van der Waals surface area contributed by atoms with Crippen molar-refractivity contribution >= 4 is 33.8 Å². The van der Waals surface area contributed by atoms with Crippen LogP contribution in [0.2, 0.25) is 0 Å². The summed E-state index contributed by atoms with van der Waals surface area (Å²) >= 11 is 1.63. The van der Waals surface area contributed by atoms with E-state index >= 15 is 0 Å². The molecule has 2 aromatic carbocycles. The number of thiophene rings is 1. The number of aromatic nitrogens is 2. The van der Waals surface area contributed by atoms with Gasteiger partial charge >= 0.3 is 0 Å². The maximum atomic E-state index is 13.5. The zero-order chi connectivity index (χ0) is 26.4. The molecule has 0 radical (unpaired) electrons. The van der Waals surface area contributed by atoms with E-state index in [9.17, 15) is 4.79 Å². The van der Waals surface area contributed by atoms with Crippen LogP contribution in [0.4, 0.5) is 5.69 Å². The molecule has 2 N–H and O–H groups in total. The Hall–Kier alpha value is -3.24. The lowest BCUT2D eigenvalue weighted by molar-refractivity contribution is -0.121. The van der Waals surface area contributed by atoms with E-state index in [4.69, 9.17) is 9.47 Å². The van der Waals surface area contributed by atoms with Crippen LogP contribution in [0.25, 0.3) is 22.2 Å². The molecule has 0 spiro atoms. The first-order valence-corrected chi connectivity index (χ1v) is 14.8. The number of H-pyrrole nitrogens is 1. The van der Waals surface area contributed by atoms with Gasteiger partial charge in [-0.25, -0.2) is 0 Å². The zero-order valence-electron chi connectivity index (χ0n) is 22.1. The van der Waals surface area contributed by atoms with Gasteiger partial charge in [-0.2, -0.15) is 16.4 Å². The number of anilines is 1. The number of hydrogen-bond donors (Lipinski definition) is 2. The van der Waals surface area contributed by atoms with Crippen LogP contribution in [0, 0.1) is 0 Å². The van der Waals surface area contributed by atoms with Gasteiger partial charge in [0, 0.05) is 36.3 Å². The minimum Gasteiger partial charge on any atom is -0.494 e. The van der Waals surface area contributed by atoms with Crippen LogP contribution < -0.4 is 10.1 Å². The third-order valence-corrected chi connectivity index (χ3v) is 8.26. The number of carbonyl (C=O) groups is 1. The highest BCUT2D eigenvalue weighted by atomic mass is 32.1. The molecule has 1 unspecified atom stereocenters. The first-order chi connectivity index (χ1) is 19.2. The van der Waals surface area contributed by atoms with Gasteiger partial charge in [0.25, 0.3) is 0 Å². The van der Waals surface area contributed by atoms with E-state index in [1.54, 1.807) is 11.3 Å². The summed E-state index contributed by atoms with van der Waals surface area (Å²) in [6, 6.07) is 15.8. The molecular formula is C30H35N5O3S. The Morgan fingerprint density at radius 3 is 2.67 bits per heavy atom. The molecule has 1 amide bonds. The normalized spacial score (nSPS) is 17.4. The van der Waals surface area contributed by atoms with Crippen molar-refractivity contribution < 1.29 is 14.3 Å². The van der Waals surface area contributed by atoms with Gasteiger partial charge in [0.05, 0.1) is 31.0 Å². The number of ether oxygens (including phenoxy) is 2. The van der Waals surface area contributed by atoms with E-state index in [2.05, 4.69) is 36.8 Å². The van der Waals surface area contributed by atoms with Crippen LogP contribution in [-0.2, 0) is 9.53 Å². The van der Waals surface area contributed by atoms with Gasteiger partial charge in [0.2, 0.25) is 5.91 Å². The summed E-state index contributed by atoms with van der Waals surface area (Å²) in [6.07, 6.45) is 3.26. The fraction of sp³-hybridized carbons (Fsp3) is 0.400. The van der Waals surface area contributed by atoms with Gasteiger partial charge in [0.15, 0.2) is 0 Å². The molecule has 0 saturated carbocycles. The molecule has 9 heteroatoms. The number of carbonyl (C=O) groups excluding carboxylic acids is 1. The van der Waals surface area contributed by atoms with Crippen LogP contribution >= 0.6 is 11.3 Å². The Morgan fingerprint density at radius 1 is 1.08 bits per heavy atom. The number of rotatable bonds is 10. The number of nitrogens with zero attached hydrogens (tertiary/aromatic N) is 3. The third-order valence-electron chi connectivity index (χ3n) is 7.56. The minimum absolute atomic E-state index is 0.00909. The molecule has 0 bridgehead atoms. The van der Waals surface area contributed by atoms with E-state index < -0.39 is 0 Å². The topological polar surface area (TPSA) is 82.7 Å². The van der Waals surface area contributed by atoms with E-state index in [0.29, 0.717) is 6.61 Å². The quantitative estimate of drug-likeness (QED) is 0.268. The van der Waals surface area contributed by atoms with Gasteiger partial charge in [-0.3, -0.25) is 19.7 Å². The molecule has 2 fully saturated rings. The lowest BCUT2D eigenvalue weighted by atomic mass is 10.1. The lowest BCUT2D eigenvalue weighted by Crippen LogP contribution is -2.37. The summed E-state index contributed by atoms with van der Waals surface area (Å²) in [6.45, 7) is 7.29. The van der Waals surface area contributed by atoms with Crippen molar-refractivity contribution in [3.63, 3.8) is 0 Å². The highest BCUT2D eigenvalue weighted by Gasteiger charge is 2.30. The molecule has 2 aliphatic rings. The lowest BCUT2D eigenvalue weighted by Gasteiger charge is -2.26. The predicted molar refractivity (Wildman–Crippen MR) is 155 cm³/mol. The Kier molecular flexibility index (Phi) is 8.20. The molecule has 4 heterocycles. The molecule has 1 atom stereocenters. The molecule has 4 aromatic rings. The van der Waals surface area contributed by atoms with Crippen molar-refractivity contribution in [2.24, 2.45) is 0 Å². The highest BCUT2D eigenvalue weighted by molar-refractivity contribution is 7.08. The molecule has 2 aromatic heterocycles. The number of aromatic amines is 1. The second kappa shape index (κ2) is 12.3. The van der Waals surface area contributed by atoms with Gasteiger partial charge in [-0.15, -0.1) is 0 Å².